The second kappa shape index (κ2) is 4.85. The molecule has 1 heterocycles. The highest BCUT2D eigenvalue weighted by Crippen LogP contribution is 2.28. The Kier molecular flexibility index (Phi) is 3.03. The minimum Gasteiger partial charge on any atom is -0.454 e. The van der Waals surface area contributed by atoms with Gasteiger partial charge in [0.05, 0.1) is 11.1 Å². The van der Waals surface area contributed by atoms with Crippen molar-refractivity contribution in [3.05, 3.63) is 64.8 Å². The minimum absolute atomic E-state index is 0.0196. The zero-order valence-corrected chi connectivity index (χ0v) is 11.5. The van der Waals surface area contributed by atoms with Crippen LogP contribution in [-0.2, 0) is 0 Å². The molecule has 0 amide bonds. The van der Waals surface area contributed by atoms with E-state index in [2.05, 4.69) is 0 Å². The van der Waals surface area contributed by atoms with Gasteiger partial charge in [0.25, 0.3) is 0 Å². The van der Waals surface area contributed by atoms with Gasteiger partial charge in [0.15, 0.2) is 11.0 Å². The van der Waals surface area contributed by atoms with Crippen molar-refractivity contribution in [2.75, 3.05) is 19.0 Å². The monoisotopic (exact) mass is 265 g/mol. The van der Waals surface area contributed by atoms with Gasteiger partial charge >= 0.3 is 0 Å². The summed E-state index contributed by atoms with van der Waals surface area (Å²) < 4.78 is 5.98. The lowest BCUT2D eigenvalue weighted by molar-refractivity contribution is 0.618. The Hall–Kier alpha value is -2.55. The Morgan fingerprint density at radius 2 is 1.70 bits per heavy atom. The summed E-state index contributed by atoms with van der Waals surface area (Å²) in [5, 5.41) is 0.607. The lowest BCUT2D eigenvalue weighted by Gasteiger charge is -2.14. The van der Waals surface area contributed by atoms with E-state index in [1.54, 1.807) is 12.1 Å². The molecule has 1 aromatic heterocycles. The van der Waals surface area contributed by atoms with E-state index in [1.807, 2.05) is 61.5 Å². The van der Waals surface area contributed by atoms with E-state index < -0.39 is 0 Å². The molecule has 3 aromatic rings. The normalized spacial score (nSPS) is 10.7. The van der Waals surface area contributed by atoms with Gasteiger partial charge in [-0.1, -0.05) is 36.4 Å². The number of rotatable bonds is 2. The van der Waals surface area contributed by atoms with Crippen molar-refractivity contribution in [2.45, 2.75) is 0 Å². The molecule has 0 aliphatic carbocycles. The molecule has 0 saturated heterocycles. The van der Waals surface area contributed by atoms with Crippen LogP contribution in [0.5, 0.6) is 0 Å². The predicted molar refractivity (Wildman–Crippen MR) is 82.2 cm³/mol. The molecule has 20 heavy (non-hydrogen) atoms. The average molecular weight is 265 g/mol. The molecule has 2 aromatic carbocycles. The topological polar surface area (TPSA) is 33.5 Å². The predicted octanol–water partition coefficient (Wildman–Crippen LogP) is 3.53. The van der Waals surface area contributed by atoms with E-state index in [-0.39, 0.29) is 5.43 Å². The fourth-order valence-corrected chi connectivity index (χ4v) is 2.26. The molecule has 0 fully saturated rings. The standard InChI is InChI=1S/C17H15NO2/c1-18(2)14-10-6-9-13-15(19)11-16(20-17(13)14)12-7-4-3-5-8-12/h3-11H,1-2H3. The first-order chi connectivity index (χ1) is 9.66. The summed E-state index contributed by atoms with van der Waals surface area (Å²) in [6.45, 7) is 0. The number of nitrogens with zero attached hydrogens (tertiary/aromatic N) is 1. The number of hydrogen-bond donors (Lipinski definition) is 0. The Morgan fingerprint density at radius 3 is 2.40 bits per heavy atom. The van der Waals surface area contributed by atoms with Crippen LogP contribution in [0.15, 0.2) is 63.8 Å². The van der Waals surface area contributed by atoms with Crippen LogP contribution in [0.4, 0.5) is 5.69 Å². The van der Waals surface area contributed by atoms with Crippen LogP contribution >= 0.6 is 0 Å². The SMILES string of the molecule is CN(C)c1cccc2c(=O)cc(-c3ccccc3)oc12. The third-order valence-electron chi connectivity index (χ3n) is 3.27. The maximum absolute atomic E-state index is 12.3. The first kappa shape index (κ1) is 12.5. The lowest BCUT2D eigenvalue weighted by atomic mass is 10.1. The quantitative estimate of drug-likeness (QED) is 0.710. The number of anilines is 1. The molecule has 3 rings (SSSR count). The van der Waals surface area contributed by atoms with Crippen LogP contribution in [0.25, 0.3) is 22.3 Å². The maximum Gasteiger partial charge on any atom is 0.193 e. The fraction of sp³-hybridized carbons (Fsp3) is 0.118. The largest absolute Gasteiger partial charge is 0.454 e. The number of hydrogen-bond acceptors (Lipinski definition) is 3. The van der Waals surface area contributed by atoms with Crippen molar-refractivity contribution in [2.24, 2.45) is 0 Å². The minimum atomic E-state index is -0.0196. The summed E-state index contributed by atoms with van der Waals surface area (Å²) in [6.07, 6.45) is 0. The van der Waals surface area contributed by atoms with Crippen LogP contribution in [0.2, 0.25) is 0 Å². The van der Waals surface area contributed by atoms with Crippen molar-refractivity contribution in [1.29, 1.82) is 0 Å². The summed E-state index contributed by atoms with van der Waals surface area (Å²) in [5.41, 5.74) is 2.41. The van der Waals surface area contributed by atoms with Gasteiger partial charge in [-0.25, -0.2) is 0 Å². The highest BCUT2D eigenvalue weighted by atomic mass is 16.3. The van der Waals surface area contributed by atoms with E-state index >= 15 is 0 Å². The Balaban J connectivity index is 2.33. The maximum atomic E-state index is 12.3. The van der Waals surface area contributed by atoms with Crippen LogP contribution in [0, 0.1) is 0 Å². The molecule has 0 spiro atoms. The smallest absolute Gasteiger partial charge is 0.193 e. The molecule has 100 valence electrons. The van der Waals surface area contributed by atoms with Gasteiger partial charge in [0.1, 0.15) is 5.76 Å². The van der Waals surface area contributed by atoms with Gasteiger partial charge in [-0.3, -0.25) is 4.79 Å². The van der Waals surface area contributed by atoms with E-state index in [1.165, 1.54) is 0 Å². The molecule has 0 bridgehead atoms. The second-order valence-electron chi connectivity index (χ2n) is 4.89. The Labute approximate surface area is 117 Å². The molecular weight excluding hydrogens is 250 g/mol. The molecular formula is C17H15NO2. The van der Waals surface area contributed by atoms with Gasteiger partial charge < -0.3 is 9.32 Å². The Morgan fingerprint density at radius 1 is 0.950 bits per heavy atom. The average Bonchev–Trinajstić information content (AvgIpc) is 2.47. The summed E-state index contributed by atoms with van der Waals surface area (Å²) in [7, 11) is 3.87. The molecule has 0 radical (unpaired) electrons. The third kappa shape index (κ3) is 2.07. The van der Waals surface area contributed by atoms with Gasteiger partial charge in [-0.15, -0.1) is 0 Å². The zero-order valence-electron chi connectivity index (χ0n) is 11.5. The van der Waals surface area contributed by atoms with Gasteiger partial charge in [-0.2, -0.15) is 0 Å². The Bertz CT molecular complexity index is 804. The second-order valence-corrected chi connectivity index (χ2v) is 4.89. The van der Waals surface area contributed by atoms with Crippen molar-refractivity contribution < 1.29 is 4.42 Å². The zero-order chi connectivity index (χ0) is 14.1. The first-order valence-electron chi connectivity index (χ1n) is 6.46. The van der Waals surface area contributed by atoms with Crippen LogP contribution in [0.3, 0.4) is 0 Å². The van der Waals surface area contributed by atoms with Gasteiger partial charge in [0.2, 0.25) is 0 Å². The number of benzene rings is 2. The van der Waals surface area contributed by atoms with E-state index in [0.717, 1.165) is 11.3 Å². The van der Waals surface area contributed by atoms with Crippen molar-refractivity contribution in [1.82, 2.24) is 0 Å². The number of fused-ring (bicyclic) bond motifs is 1. The summed E-state index contributed by atoms with van der Waals surface area (Å²) in [4.78, 5) is 14.2. The van der Waals surface area contributed by atoms with Gasteiger partial charge in [0, 0.05) is 25.7 Å². The summed E-state index contributed by atoms with van der Waals surface area (Å²) in [6, 6.07) is 16.8. The van der Waals surface area contributed by atoms with E-state index in [9.17, 15) is 4.79 Å². The highest BCUT2D eigenvalue weighted by Gasteiger charge is 2.11. The number of para-hydroxylation sites is 1. The molecule has 0 saturated carbocycles. The molecule has 3 nitrogen and oxygen atoms in total. The third-order valence-corrected chi connectivity index (χ3v) is 3.27. The van der Waals surface area contributed by atoms with Gasteiger partial charge in [-0.05, 0) is 12.1 Å². The lowest BCUT2D eigenvalue weighted by Crippen LogP contribution is -2.10. The molecule has 3 heteroatoms. The van der Waals surface area contributed by atoms with E-state index in [4.69, 9.17) is 4.42 Å². The molecule has 0 atom stereocenters. The fourth-order valence-electron chi connectivity index (χ4n) is 2.26. The highest BCUT2D eigenvalue weighted by molar-refractivity contribution is 5.89. The molecule has 0 unspecified atom stereocenters. The van der Waals surface area contributed by atoms with E-state index in [0.29, 0.717) is 16.7 Å². The molecule has 0 aliphatic heterocycles. The first-order valence-corrected chi connectivity index (χ1v) is 6.46. The summed E-state index contributed by atoms with van der Waals surface area (Å²) in [5.74, 6) is 0.595. The van der Waals surface area contributed by atoms with Crippen molar-refractivity contribution in [3.63, 3.8) is 0 Å². The van der Waals surface area contributed by atoms with Crippen molar-refractivity contribution in [3.8, 4) is 11.3 Å². The molecule has 0 N–H and O–H groups in total. The van der Waals surface area contributed by atoms with Crippen LogP contribution in [0.1, 0.15) is 0 Å². The van der Waals surface area contributed by atoms with Crippen molar-refractivity contribution >= 4 is 16.7 Å². The summed E-state index contributed by atoms with van der Waals surface area (Å²) >= 11 is 0. The van der Waals surface area contributed by atoms with Crippen LogP contribution < -0.4 is 10.3 Å². The van der Waals surface area contributed by atoms with Crippen LogP contribution in [-0.4, -0.2) is 14.1 Å². The molecule has 0 aliphatic rings.